The van der Waals surface area contributed by atoms with Gasteiger partial charge in [0.1, 0.15) is 33.9 Å². The summed E-state index contributed by atoms with van der Waals surface area (Å²) in [5.41, 5.74) is 2.32. The fraction of sp³-hybridized carbons (Fsp3) is 0.293. The second kappa shape index (κ2) is 20.1. The second-order valence-corrected chi connectivity index (χ2v) is 14.2. The van der Waals surface area contributed by atoms with Crippen LogP contribution >= 0.6 is 23.2 Å². The molecule has 60 heavy (non-hydrogen) atoms. The van der Waals surface area contributed by atoms with Crippen molar-refractivity contribution >= 4 is 35.1 Å². The van der Waals surface area contributed by atoms with Crippen LogP contribution < -0.4 is 18.9 Å². The number of hydrogen-bond donors (Lipinski definition) is 2. The van der Waals surface area contributed by atoms with Crippen molar-refractivity contribution in [3.63, 3.8) is 0 Å². The van der Waals surface area contributed by atoms with E-state index in [4.69, 9.17) is 61.4 Å². The zero-order valence-electron chi connectivity index (χ0n) is 33.1. The number of carboxylic acid groups (broad SMARTS) is 2. The summed E-state index contributed by atoms with van der Waals surface area (Å²) >= 11 is 12.5. The van der Waals surface area contributed by atoms with E-state index >= 15 is 0 Å². The van der Waals surface area contributed by atoms with Gasteiger partial charge in [-0.25, -0.2) is 13.8 Å². The smallest absolute Gasteiger partial charge is 0.303 e. The summed E-state index contributed by atoms with van der Waals surface area (Å²) in [6.45, 7) is 7.50. The summed E-state index contributed by atoms with van der Waals surface area (Å²) in [6.07, 6.45) is 1.20. The Morgan fingerprint density at radius 3 is 1.62 bits per heavy atom. The molecule has 19 heteroatoms. The molecule has 3 heterocycles. The summed E-state index contributed by atoms with van der Waals surface area (Å²) in [5, 5.41) is 26.3. The molecule has 0 aliphatic rings. The van der Waals surface area contributed by atoms with Crippen LogP contribution in [-0.2, 0) is 22.4 Å². The van der Waals surface area contributed by atoms with Crippen LogP contribution in [0, 0.1) is 11.6 Å². The summed E-state index contributed by atoms with van der Waals surface area (Å²) in [5.74, 6) is -1.25. The van der Waals surface area contributed by atoms with Crippen LogP contribution in [0.1, 0.15) is 51.7 Å². The minimum absolute atomic E-state index is 0.0286. The molecule has 0 saturated carbocycles. The molecule has 316 valence electrons. The predicted octanol–water partition coefficient (Wildman–Crippen LogP) is 9.41. The quantitative estimate of drug-likeness (QED) is 0.0930. The van der Waals surface area contributed by atoms with E-state index in [0.29, 0.717) is 38.8 Å². The van der Waals surface area contributed by atoms with Crippen molar-refractivity contribution in [2.24, 2.45) is 0 Å². The van der Waals surface area contributed by atoms with E-state index in [2.05, 4.69) is 25.3 Å². The van der Waals surface area contributed by atoms with E-state index < -0.39 is 23.6 Å². The lowest BCUT2D eigenvalue weighted by molar-refractivity contribution is -0.138. The minimum atomic E-state index is -1.00. The molecule has 0 atom stereocenters. The first-order valence-electron chi connectivity index (χ1n) is 18.2. The van der Waals surface area contributed by atoms with Crippen LogP contribution in [0.4, 0.5) is 8.78 Å². The average Bonchev–Trinajstić information content (AvgIpc) is 3.89. The standard InChI is InChI=1S/C21H20ClFN2O5.C20H19ClFN3O5/c1-11(2)29-17-6-4-13(9-16(17)22)21-24-20(25-30-21)15-10-14(23)8-12(19(15)28-3)5-7-18(26)27;1-10(2)29-20-15(21)7-12(9-23-20)19-24-18(25-30-19)14-8-13(22)6-11(17(14)28-3)4-5-16(26)27/h4,6,8-11H,5,7H2,1-3H3,(H,26,27);6-10H,4-5H2,1-3H3,(H,26,27). The highest BCUT2D eigenvalue weighted by atomic mass is 35.5. The molecule has 3 aromatic carbocycles. The van der Waals surface area contributed by atoms with E-state index in [1.54, 1.807) is 24.3 Å². The number of aromatic nitrogens is 5. The largest absolute Gasteiger partial charge is 0.496 e. The van der Waals surface area contributed by atoms with Crippen molar-refractivity contribution in [3.05, 3.63) is 87.5 Å². The molecule has 0 radical (unpaired) electrons. The molecule has 15 nitrogen and oxygen atoms in total. The molecular formula is C41H39Cl2F2N5O10. The number of aliphatic carboxylic acids is 2. The molecule has 3 aromatic heterocycles. The molecule has 0 saturated heterocycles. The Bertz CT molecular complexity index is 2310. The lowest BCUT2D eigenvalue weighted by Gasteiger charge is -2.11. The predicted molar refractivity (Wildman–Crippen MR) is 215 cm³/mol. The number of benzene rings is 3. The Morgan fingerprint density at radius 2 is 1.18 bits per heavy atom. The van der Waals surface area contributed by atoms with Crippen molar-refractivity contribution in [2.45, 2.75) is 65.6 Å². The number of halogens is 4. The normalized spacial score (nSPS) is 11.0. The average molecular weight is 871 g/mol. The van der Waals surface area contributed by atoms with Gasteiger partial charge in [0.15, 0.2) is 0 Å². The van der Waals surface area contributed by atoms with E-state index in [1.165, 1.54) is 44.7 Å². The van der Waals surface area contributed by atoms with Crippen LogP contribution in [0.2, 0.25) is 10.0 Å². The first-order chi connectivity index (χ1) is 28.6. The SMILES string of the molecule is COc1c(CCC(=O)O)cc(F)cc1-c1noc(-c2ccc(OC(C)C)c(Cl)c2)n1.COc1c(CCC(=O)O)cc(F)cc1-c1noc(-c2cnc(OC(C)C)c(Cl)c2)n1. The third kappa shape index (κ3) is 11.4. The van der Waals surface area contributed by atoms with Crippen LogP contribution in [0.25, 0.3) is 45.7 Å². The Balaban J connectivity index is 0.000000228. The molecule has 6 aromatic rings. The fourth-order valence-corrected chi connectivity index (χ4v) is 6.14. The van der Waals surface area contributed by atoms with Gasteiger partial charge in [0.05, 0.1) is 48.1 Å². The van der Waals surface area contributed by atoms with E-state index in [9.17, 15) is 18.4 Å². The van der Waals surface area contributed by atoms with Gasteiger partial charge in [-0.2, -0.15) is 9.97 Å². The van der Waals surface area contributed by atoms with Crippen molar-refractivity contribution in [1.29, 1.82) is 0 Å². The Labute approximate surface area is 352 Å². The van der Waals surface area contributed by atoms with E-state index in [-0.39, 0.29) is 89.1 Å². The van der Waals surface area contributed by atoms with Gasteiger partial charge in [0, 0.05) is 24.6 Å². The van der Waals surface area contributed by atoms with Gasteiger partial charge < -0.3 is 38.2 Å². The molecule has 6 rings (SSSR count). The van der Waals surface area contributed by atoms with Crippen LogP contribution in [0.15, 0.2) is 63.8 Å². The Kier molecular flexibility index (Phi) is 15.0. The highest BCUT2D eigenvalue weighted by Gasteiger charge is 2.22. The molecule has 0 unspecified atom stereocenters. The van der Waals surface area contributed by atoms with Gasteiger partial charge in [-0.15, -0.1) is 0 Å². The zero-order valence-corrected chi connectivity index (χ0v) is 34.6. The maximum absolute atomic E-state index is 14.2. The third-order valence-electron chi connectivity index (χ3n) is 8.16. The summed E-state index contributed by atoms with van der Waals surface area (Å²) in [7, 11) is 2.81. The maximum atomic E-state index is 14.2. The number of pyridine rings is 1. The van der Waals surface area contributed by atoms with Gasteiger partial charge in [0.25, 0.3) is 11.8 Å². The molecule has 0 amide bonds. The van der Waals surface area contributed by atoms with Crippen molar-refractivity contribution in [3.8, 4) is 68.8 Å². The first kappa shape index (κ1) is 44.8. The maximum Gasteiger partial charge on any atom is 0.303 e. The van der Waals surface area contributed by atoms with Gasteiger partial charge in [-0.05, 0) is 100 Å². The highest BCUT2D eigenvalue weighted by molar-refractivity contribution is 6.32. The van der Waals surface area contributed by atoms with Crippen molar-refractivity contribution in [1.82, 2.24) is 25.3 Å². The van der Waals surface area contributed by atoms with Crippen LogP contribution in [0.3, 0.4) is 0 Å². The number of methoxy groups -OCH3 is 2. The lowest BCUT2D eigenvalue weighted by atomic mass is 10.0. The number of hydrogen-bond acceptors (Lipinski definition) is 13. The molecule has 0 fully saturated rings. The fourth-order valence-electron chi connectivity index (χ4n) is 5.70. The number of rotatable bonds is 16. The molecule has 0 aliphatic heterocycles. The minimum Gasteiger partial charge on any atom is -0.496 e. The number of carboxylic acids is 2. The van der Waals surface area contributed by atoms with Crippen LogP contribution in [-0.4, -0.2) is 73.8 Å². The van der Waals surface area contributed by atoms with Crippen LogP contribution in [0.5, 0.6) is 23.1 Å². The second-order valence-electron chi connectivity index (χ2n) is 13.4. The molecule has 0 spiro atoms. The van der Waals surface area contributed by atoms with Crippen molar-refractivity contribution < 1.29 is 56.6 Å². The third-order valence-corrected chi connectivity index (χ3v) is 8.73. The van der Waals surface area contributed by atoms with Gasteiger partial charge in [-0.3, -0.25) is 9.59 Å². The van der Waals surface area contributed by atoms with E-state index in [1.807, 2.05) is 27.7 Å². The Hall–Kier alpha value is -6.33. The number of ether oxygens (including phenoxy) is 4. The van der Waals surface area contributed by atoms with E-state index in [0.717, 1.165) is 0 Å². The zero-order chi connectivity index (χ0) is 43.7. The van der Waals surface area contributed by atoms with Gasteiger partial charge in [0.2, 0.25) is 17.5 Å². The molecule has 0 bridgehead atoms. The van der Waals surface area contributed by atoms with Gasteiger partial charge in [-0.1, -0.05) is 33.5 Å². The Morgan fingerprint density at radius 1 is 0.700 bits per heavy atom. The summed E-state index contributed by atoms with van der Waals surface area (Å²) in [6, 6.07) is 11.5. The molecule has 2 N–H and O–H groups in total. The monoisotopic (exact) mass is 869 g/mol. The lowest BCUT2D eigenvalue weighted by Crippen LogP contribution is -2.07. The summed E-state index contributed by atoms with van der Waals surface area (Å²) < 4.78 is 60.8. The van der Waals surface area contributed by atoms with Crippen molar-refractivity contribution in [2.75, 3.05) is 14.2 Å². The molecular weight excluding hydrogens is 831 g/mol. The first-order valence-corrected chi connectivity index (χ1v) is 19.0. The number of aryl methyl sites for hydroxylation is 2. The highest BCUT2D eigenvalue weighted by Crippen LogP contribution is 2.37. The number of carbonyl (C=O) groups is 2. The summed E-state index contributed by atoms with van der Waals surface area (Å²) in [4.78, 5) is 34.5. The topological polar surface area (TPSA) is 202 Å². The molecule has 0 aliphatic carbocycles. The van der Waals surface area contributed by atoms with Gasteiger partial charge >= 0.3 is 11.9 Å². The number of nitrogens with zero attached hydrogens (tertiary/aromatic N) is 5.